The largest absolute Gasteiger partial charge is 0.459 e. The van der Waals surface area contributed by atoms with Crippen LogP contribution in [0.2, 0.25) is 0 Å². The Labute approximate surface area is 237 Å². The van der Waals surface area contributed by atoms with E-state index in [1.54, 1.807) is 24.5 Å². The summed E-state index contributed by atoms with van der Waals surface area (Å²) in [6.07, 6.45) is 0.0255. The van der Waals surface area contributed by atoms with Gasteiger partial charge in [0.05, 0.1) is 17.0 Å². The lowest BCUT2D eigenvalue weighted by Gasteiger charge is -2.30. The Kier molecular flexibility index (Phi) is 7.90. The minimum absolute atomic E-state index is 0.101. The molecule has 4 aromatic rings. The van der Waals surface area contributed by atoms with Gasteiger partial charge in [-0.25, -0.2) is 17.2 Å². The number of carbonyl (C=O) groups excluding carboxylic acids is 1. The summed E-state index contributed by atoms with van der Waals surface area (Å²) in [5.74, 6) is -3.30. The van der Waals surface area contributed by atoms with E-state index in [9.17, 15) is 35.2 Å². The summed E-state index contributed by atoms with van der Waals surface area (Å²) in [4.78, 5) is 16.0. The standard InChI is InChI=1S/C29H24F5N3O4S/c30-28(31)9-12-37(13-10-28)42(39,40)24-6-4-20(5-7-24)21-14-22-15-23(41-27(22)25(16-21)29(32,33)34)18-36-26(38)8-3-19-2-1-11-35-17-19/h1-8,11,14-17H,9-10,12-13,18H2,(H,36,38). The van der Waals surface area contributed by atoms with Crippen molar-refractivity contribution in [2.45, 2.75) is 36.4 Å². The van der Waals surface area contributed by atoms with Crippen molar-refractivity contribution in [2.75, 3.05) is 13.1 Å². The number of alkyl halides is 5. The second kappa shape index (κ2) is 11.3. The Morgan fingerprint density at radius 1 is 1.05 bits per heavy atom. The van der Waals surface area contributed by atoms with Crippen molar-refractivity contribution < 1.29 is 39.6 Å². The number of sulfonamides is 1. The fourth-order valence-corrected chi connectivity index (χ4v) is 6.01. The van der Waals surface area contributed by atoms with Crippen molar-refractivity contribution in [3.63, 3.8) is 0 Å². The second-order valence-corrected chi connectivity index (χ2v) is 11.7. The highest BCUT2D eigenvalue weighted by Gasteiger charge is 2.39. The Balaban J connectivity index is 1.37. The maximum atomic E-state index is 14.0. The highest BCUT2D eigenvalue weighted by Crippen LogP contribution is 2.40. The van der Waals surface area contributed by atoms with Crippen LogP contribution >= 0.6 is 0 Å². The molecule has 0 unspecified atom stereocenters. The Morgan fingerprint density at radius 3 is 2.40 bits per heavy atom. The number of furan rings is 1. The molecule has 2 aromatic carbocycles. The molecule has 5 rings (SSSR count). The number of halogens is 5. The van der Waals surface area contributed by atoms with Gasteiger partial charge in [0.2, 0.25) is 15.9 Å². The van der Waals surface area contributed by atoms with Gasteiger partial charge >= 0.3 is 6.18 Å². The lowest BCUT2D eigenvalue weighted by atomic mass is 10.0. The van der Waals surface area contributed by atoms with Crippen LogP contribution in [0.1, 0.15) is 29.7 Å². The molecular formula is C29H24F5N3O4S. The monoisotopic (exact) mass is 605 g/mol. The zero-order chi connectivity index (χ0) is 30.1. The molecule has 1 fully saturated rings. The first-order chi connectivity index (χ1) is 19.8. The highest BCUT2D eigenvalue weighted by atomic mass is 32.2. The molecule has 0 aliphatic carbocycles. The van der Waals surface area contributed by atoms with Crippen molar-refractivity contribution >= 4 is 33.0 Å². The summed E-state index contributed by atoms with van der Waals surface area (Å²) < 4.78 is 101. The van der Waals surface area contributed by atoms with E-state index >= 15 is 0 Å². The van der Waals surface area contributed by atoms with Crippen molar-refractivity contribution in [1.29, 1.82) is 0 Å². The number of fused-ring (bicyclic) bond motifs is 1. The molecule has 42 heavy (non-hydrogen) atoms. The molecule has 0 radical (unpaired) electrons. The van der Waals surface area contributed by atoms with Gasteiger partial charge in [-0.3, -0.25) is 9.78 Å². The van der Waals surface area contributed by atoms with E-state index in [2.05, 4.69) is 10.3 Å². The molecule has 13 heteroatoms. The molecule has 0 spiro atoms. The summed E-state index contributed by atoms with van der Waals surface area (Å²) in [5, 5.41) is 2.70. The van der Waals surface area contributed by atoms with E-state index in [1.807, 2.05) is 0 Å². The molecule has 220 valence electrons. The second-order valence-electron chi connectivity index (χ2n) is 9.77. The summed E-state index contributed by atoms with van der Waals surface area (Å²) in [6, 6.07) is 12.4. The summed E-state index contributed by atoms with van der Waals surface area (Å²) >= 11 is 0. The lowest BCUT2D eigenvalue weighted by Crippen LogP contribution is -2.42. The van der Waals surface area contributed by atoms with Gasteiger partial charge in [-0.05, 0) is 59.2 Å². The van der Waals surface area contributed by atoms with Gasteiger partial charge in [0.25, 0.3) is 5.92 Å². The number of pyridine rings is 1. The Bertz CT molecular complexity index is 1720. The predicted molar refractivity (Wildman–Crippen MR) is 145 cm³/mol. The number of hydrogen-bond donors (Lipinski definition) is 1. The third-order valence-electron chi connectivity index (χ3n) is 6.80. The van der Waals surface area contributed by atoms with Crippen LogP contribution in [0, 0.1) is 0 Å². The van der Waals surface area contributed by atoms with Crippen LogP contribution in [0.15, 0.2) is 82.4 Å². The van der Waals surface area contributed by atoms with Crippen molar-refractivity contribution in [3.8, 4) is 11.1 Å². The number of hydrogen-bond acceptors (Lipinski definition) is 5. The number of nitrogens with zero attached hydrogens (tertiary/aromatic N) is 2. The molecule has 1 N–H and O–H groups in total. The molecule has 1 aliphatic heterocycles. The van der Waals surface area contributed by atoms with Gasteiger partial charge in [-0.1, -0.05) is 18.2 Å². The normalized spacial score (nSPS) is 16.2. The molecular weight excluding hydrogens is 581 g/mol. The van der Waals surface area contributed by atoms with Crippen molar-refractivity contribution in [2.24, 2.45) is 0 Å². The number of aromatic nitrogens is 1. The zero-order valence-electron chi connectivity index (χ0n) is 21.9. The predicted octanol–water partition coefficient (Wildman–Crippen LogP) is 6.26. The van der Waals surface area contributed by atoms with Gasteiger partial charge in [-0.15, -0.1) is 0 Å². The third kappa shape index (κ3) is 6.52. The number of carbonyl (C=O) groups is 1. The smallest absolute Gasteiger partial charge is 0.420 e. The first-order valence-corrected chi connectivity index (χ1v) is 14.2. The topological polar surface area (TPSA) is 92.5 Å². The molecule has 7 nitrogen and oxygen atoms in total. The minimum atomic E-state index is -4.77. The summed E-state index contributed by atoms with van der Waals surface area (Å²) in [5.41, 5.74) is -0.270. The average Bonchev–Trinajstić information content (AvgIpc) is 3.37. The minimum Gasteiger partial charge on any atom is -0.459 e. The fraction of sp³-hybridized carbons (Fsp3) is 0.241. The van der Waals surface area contributed by atoms with E-state index < -0.39 is 52.0 Å². The average molecular weight is 606 g/mol. The van der Waals surface area contributed by atoms with Crippen molar-refractivity contribution in [1.82, 2.24) is 14.6 Å². The maximum absolute atomic E-state index is 14.0. The highest BCUT2D eigenvalue weighted by molar-refractivity contribution is 7.89. The van der Waals surface area contributed by atoms with Gasteiger partial charge in [0, 0.05) is 49.8 Å². The van der Waals surface area contributed by atoms with Crippen molar-refractivity contribution in [3.05, 3.63) is 90.0 Å². The quantitative estimate of drug-likeness (QED) is 0.198. The van der Waals surface area contributed by atoms with Crippen LogP contribution < -0.4 is 5.32 Å². The third-order valence-corrected chi connectivity index (χ3v) is 8.71. The van der Waals surface area contributed by atoms with Gasteiger partial charge < -0.3 is 9.73 Å². The molecule has 1 aliphatic rings. The molecule has 1 amide bonds. The lowest BCUT2D eigenvalue weighted by molar-refractivity contribution is -0.136. The number of benzene rings is 2. The van der Waals surface area contributed by atoms with E-state index in [-0.39, 0.29) is 41.2 Å². The molecule has 0 saturated carbocycles. The maximum Gasteiger partial charge on any atom is 0.420 e. The number of amides is 1. The van der Waals surface area contributed by atoms with E-state index in [0.717, 1.165) is 10.4 Å². The summed E-state index contributed by atoms with van der Waals surface area (Å²) in [6.45, 7) is -0.813. The molecule has 0 bridgehead atoms. The Morgan fingerprint density at radius 2 is 1.76 bits per heavy atom. The first kappa shape index (κ1) is 29.4. The van der Waals surface area contributed by atoms with Gasteiger partial charge in [-0.2, -0.15) is 17.5 Å². The molecule has 1 saturated heterocycles. The van der Waals surface area contributed by atoms with Crippen LogP contribution in [0.5, 0.6) is 0 Å². The number of nitrogens with one attached hydrogen (secondary N) is 1. The molecule has 3 heterocycles. The van der Waals surface area contributed by atoms with Gasteiger partial charge in [0.1, 0.15) is 11.3 Å². The van der Waals surface area contributed by atoms with Gasteiger partial charge in [0.15, 0.2) is 0 Å². The van der Waals surface area contributed by atoms with Crippen LogP contribution in [0.4, 0.5) is 22.0 Å². The fourth-order valence-electron chi connectivity index (χ4n) is 4.57. The zero-order valence-corrected chi connectivity index (χ0v) is 22.7. The van der Waals surface area contributed by atoms with Crippen LogP contribution in [-0.2, 0) is 27.5 Å². The van der Waals surface area contributed by atoms with Crippen LogP contribution in [-0.4, -0.2) is 42.6 Å². The number of piperidine rings is 1. The molecule has 2 aromatic heterocycles. The Hall–Kier alpha value is -4.10. The first-order valence-electron chi connectivity index (χ1n) is 12.8. The van der Waals surface area contributed by atoms with E-state index in [1.165, 1.54) is 48.6 Å². The van der Waals surface area contributed by atoms with E-state index in [0.29, 0.717) is 11.1 Å². The molecule has 0 atom stereocenters. The number of rotatable bonds is 7. The SMILES string of the molecule is O=C(C=Cc1cccnc1)NCc1cc2cc(-c3ccc(S(=O)(=O)N4CCC(F)(F)CC4)cc3)cc(C(F)(F)F)c2o1. The van der Waals surface area contributed by atoms with E-state index in [4.69, 9.17) is 4.42 Å². The van der Waals surface area contributed by atoms with Crippen LogP contribution in [0.3, 0.4) is 0 Å². The van der Waals surface area contributed by atoms with Crippen LogP contribution in [0.25, 0.3) is 28.2 Å². The summed E-state index contributed by atoms with van der Waals surface area (Å²) in [7, 11) is -4.04.